The molecule has 5 nitrogen and oxygen atoms in total. The van der Waals surface area contributed by atoms with Crippen molar-refractivity contribution in [1.29, 1.82) is 0 Å². The van der Waals surface area contributed by atoms with Gasteiger partial charge in [-0.25, -0.2) is 9.97 Å². The summed E-state index contributed by atoms with van der Waals surface area (Å²) in [6.45, 7) is 5.93. The fraction of sp³-hybridized carbons (Fsp3) is 0.174. The molecule has 4 aromatic rings. The minimum absolute atomic E-state index is 0.0952. The van der Waals surface area contributed by atoms with Crippen molar-refractivity contribution in [3.8, 4) is 16.3 Å². The van der Waals surface area contributed by atoms with E-state index in [1.165, 1.54) is 0 Å². The van der Waals surface area contributed by atoms with Crippen molar-refractivity contribution in [2.45, 2.75) is 26.9 Å². The molecule has 0 aliphatic carbocycles. The molecule has 2 aromatic carbocycles. The summed E-state index contributed by atoms with van der Waals surface area (Å²) in [5, 5.41) is 3.90. The van der Waals surface area contributed by atoms with Gasteiger partial charge in [-0.1, -0.05) is 23.5 Å². The van der Waals surface area contributed by atoms with Gasteiger partial charge in [-0.2, -0.15) is 0 Å². The number of fused-ring (bicyclic) bond motifs is 1. The summed E-state index contributed by atoms with van der Waals surface area (Å²) in [6.07, 6.45) is 1.86. The largest absolute Gasteiger partial charge is 0.491 e. The van der Waals surface area contributed by atoms with Gasteiger partial charge in [-0.15, -0.1) is 0 Å². The molecule has 0 bridgehead atoms. The zero-order valence-corrected chi connectivity index (χ0v) is 17.3. The van der Waals surface area contributed by atoms with E-state index in [0.717, 1.165) is 37.9 Å². The van der Waals surface area contributed by atoms with Crippen LogP contribution in [0.5, 0.6) is 5.75 Å². The first-order chi connectivity index (χ1) is 14.0. The van der Waals surface area contributed by atoms with Crippen LogP contribution in [-0.4, -0.2) is 22.0 Å². The Morgan fingerprint density at radius 1 is 1.07 bits per heavy atom. The number of amides is 1. The number of carbonyl (C=O) groups is 1. The Morgan fingerprint density at radius 2 is 1.86 bits per heavy atom. The lowest BCUT2D eigenvalue weighted by Gasteiger charge is -2.12. The van der Waals surface area contributed by atoms with Gasteiger partial charge in [-0.3, -0.25) is 4.79 Å². The van der Waals surface area contributed by atoms with Gasteiger partial charge in [0.1, 0.15) is 21.1 Å². The molecule has 146 valence electrons. The average Bonchev–Trinajstić information content (AvgIpc) is 3.13. The van der Waals surface area contributed by atoms with Crippen LogP contribution in [0.1, 0.15) is 29.8 Å². The Morgan fingerprint density at radius 3 is 2.59 bits per heavy atom. The van der Waals surface area contributed by atoms with Crippen LogP contribution in [0.25, 0.3) is 20.9 Å². The number of rotatable bonds is 5. The number of aromatic nitrogens is 2. The maximum atomic E-state index is 12.7. The number of carbonyl (C=O) groups excluding carboxylic acids is 1. The van der Waals surface area contributed by atoms with Crippen LogP contribution in [0.3, 0.4) is 0 Å². The Balaban J connectivity index is 1.58. The Hall–Kier alpha value is -3.25. The molecule has 2 aromatic heterocycles. The minimum atomic E-state index is -0.160. The van der Waals surface area contributed by atoms with Gasteiger partial charge in [0.25, 0.3) is 5.91 Å². The molecule has 0 spiro atoms. The zero-order chi connectivity index (χ0) is 20.4. The van der Waals surface area contributed by atoms with Crippen molar-refractivity contribution in [2.24, 2.45) is 0 Å². The van der Waals surface area contributed by atoms with E-state index in [2.05, 4.69) is 15.3 Å². The first-order valence-electron chi connectivity index (χ1n) is 9.41. The van der Waals surface area contributed by atoms with Crippen LogP contribution >= 0.6 is 11.3 Å². The summed E-state index contributed by atoms with van der Waals surface area (Å²) in [4.78, 5) is 22.7. The van der Waals surface area contributed by atoms with Crippen LogP contribution in [-0.2, 0) is 0 Å². The number of nitrogens with zero attached hydrogens (tertiary/aromatic N) is 2. The molecule has 6 heteroatoms. The van der Waals surface area contributed by atoms with Crippen molar-refractivity contribution >= 4 is 33.3 Å². The third kappa shape index (κ3) is 4.12. The highest BCUT2D eigenvalue weighted by atomic mass is 32.1. The van der Waals surface area contributed by atoms with Crippen LogP contribution in [0.2, 0.25) is 0 Å². The minimum Gasteiger partial charge on any atom is -0.491 e. The molecule has 0 radical (unpaired) electrons. The van der Waals surface area contributed by atoms with Gasteiger partial charge >= 0.3 is 0 Å². The number of nitrogens with one attached hydrogen (secondary N) is 1. The molecule has 0 aliphatic heterocycles. The van der Waals surface area contributed by atoms with Gasteiger partial charge in [0.15, 0.2) is 0 Å². The quantitative estimate of drug-likeness (QED) is 0.464. The molecule has 29 heavy (non-hydrogen) atoms. The van der Waals surface area contributed by atoms with E-state index in [-0.39, 0.29) is 12.0 Å². The fourth-order valence-corrected chi connectivity index (χ4v) is 4.03. The van der Waals surface area contributed by atoms with Crippen LogP contribution in [0.4, 0.5) is 5.69 Å². The summed E-state index contributed by atoms with van der Waals surface area (Å²) >= 11 is 1.55. The molecule has 1 N–H and O–H groups in total. The van der Waals surface area contributed by atoms with Crippen molar-refractivity contribution < 1.29 is 9.53 Å². The van der Waals surface area contributed by atoms with E-state index in [1.54, 1.807) is 29.7 Å². The zero-order valence-electron chi connectivity index (χ0n) is 16.5. The number of pyridine rings is 1. The van der Waals surface area contributed by atoms with Crippen LogP contribution < -0.4 is 10.1 Å². The van der Waals surface area contributed by atoms with E-state index in [4.69, 9.17) is 4.74 Å². The summed E-state index contributed by atoms with van der Waals surface area (Å²) in [7, 11) is 0. The molecule has 0 aliphatic rings. The highest BCUT2D eigenvalue weighted by molar-refractivity contribution is 7.21. The fourth-order valence-electron chi connectivity index (χ4n) is 3.04. The van der Waals surface area contributed by atoms with Crippen molar-refractivity contribution in [1.82, 2.24) is 9.97 Å². The molecule has 0 saturated carbocycles. The van der Waals surface area contributed by atoms with E-state index >= 15 is 0 Å². The molecule has 0 saturated heterocycles. The van der Waals surface area contributed by atoms with Crippen molar-refractivity contribution in [2.75, 3.05) is 5.32 Å². The number of benzene rings is 2. The van der Waals surface area contributed by atoms with Crippen LogP contribution in [0, 0.1) is 6.92 Å². The third-order valence-electron chi connectivity index (χ3n) is 4.47. The summed E-state index contributed by atoms with van der Waals surface area (Å²) in [5.41, 5.74) is 4.19. The number of hydrogen-bond acceptors (Lipinski definition) is 5. The third-order valence-corrected chi connectivity index (χ3v) is 5.48. The smallest absolute Gasteiger partial charge is 0.255 e. The highest BCUT2D eigenvalue weighted by Crippen LogP contribution is 2.33. The first-order valence-corrected chi connectivity index (χ1v) is 10.2. The van der Waals surface area contributed by atoms with E-state index in [0.29, 0.717) is 5.56 Å². The van der Waals surface area contributed by atoms with Crippen molar-refractivity contribution in [3.05, 3.63) is 71.9 Å². The first kappa shape index (κ1) is 19.1. The maximum Gasteiger partial charge on any atom is 0.255 e. The normalized spacial score (nSPS) is 11.0. The Bertz CT molecular complexity index is 1130. The standard InChI is InChI=1S/C23H21N3O2S/c1-14(2)28-17-11-9-16(10-12-17)21(27)25-19-7-4-6-18(15(19)3)22-26-20-8-5-13-24-23(20)29-22/h4-14H,1-3H3,(H,25,27). The number of ether oxygens (including phenoxy) is 1. The second-order valence-corrected chi connectivity index (χ2v) is 7.95. The summed E-state index contributed by atoms with van der Waals surface area (Å²) in [5.74, 6) is 0.589. The van der Waals surface area contributed by atoms with Gasteiger partial charge in [0.05, 0.1) is 6.10 Å². The van der Waals surface area contributed by atoms with Gasteiger partial charge in [-0.05, 0) is 68.8 Å². The molecular formula is C23H21N3O2S. The predicted octanol–water partition coefficient (Wildman–Crippen LogP) is 5.71. The Kier molecular flexibility index (Phi) is 5.27. The predicted molar refractivity (Wildman–Crippen MR) is 118 cm³/mol. The molecule has 2 heterocycles. The molecular weight excluding hydrogens is 382 g/mol. The number of hydrogen-bond donors (Lipinski definition) is 1. The maximum absolute atomic E-state index is 12.7. The molecule has 1 amide bonds. The van der Waals surface area contributed by atoms with Crippen molar-refractivity contribution in [3.63, 3.8) is 0 Å². The van der Waals surface area contributed by atoms with Crippen LogP contribution in [0.15, 0.2) is 60.8 Å². The number of anilines is 1. The van der Waals surface area contributed by atoms with Gasteiger partial charge in [0, 0.05) is 23.0 Å². The van der Waals surface area contributed by atoms with E-state index in [1.807, 2.05) is 63.2 Å². The lowest BCUT2D eigenvalue weighted by molar-refractivity contribution is 0.102. The highest BCUT2D eigenvalue weighted by Gasteiger charge is 2.14. The lowest BCUT2D eigenvalue weighted by atomic mass is 10.1. The second-order valence-electron chi connectivity index (χ2n) is 6.97. The molecule has 0 unspecified atom stereocenters. The molecule has 0 fully saturated rings. The monoisotopic (exact) mass is 403 g/mol. The SMILES string of the molecule is Cc1c(NC(=O)c2ccc(OC(C)C)cc2)cccc1-c1nc2cccnc2s1. The van der Waals surface area contributed by atoms with E-state index in [9.17, 15) is 4.79 Å². The average molecular weight is 404 g/mol. The van der Waals surface area contributed by atoms with E-state index < -0.39 is 0 Å². The topological polar surface area (TPSA) is 64.1 Å². The van der Waals surface area contributed by atoms with Gasteiger partial charge in [0.2, 0.25) is 0 Å². The van der Waals surface area contributed by atoms with Gasteiger partial charge < -0.3 is 10.1 Å². The number of thiazole rings is 1. The summed E-state index contributed by atoms with van der Waals surface area (Å²) in [6, 6.07) is 16.8. The molecule has 0 atom stereocenters. The summed E-state index contributed by atoms with van der Waals surface area (Å²) < 4.78 is 5.63. The Labute approximate surface area is 173 Å². The molecule has 4 rings (SSSR count). The second kappa shape index (κ2) is 8.01. The lowest BCUT2D eigenvalue weighted by Crippen LogP contribution is -2.13.